The predicted molar refractivity (Wildman–Crippen MR) is 54.8 cm³/mol. The van der Waals surface area contributed by atoms with Crippen molar-refractivity contribution < 1.29 is 0 Å². The van der Waals surface area contributed by atoms with Gasteiger partial charge in [0.15, 0.2) is 0 Å². The molecule has 1 aromatic rings. The Morgan fingerprint density at radius 2 is 2.07 bits per heavy atom. The second kappa shape index (κ2) is 4.26. The van der Waals surface area contributed by atoms with E-state index in [4.69, 9.17) is 5.26 Å². The molecule has 0 saturated carbocycles. The number of hydrogen-bond acceptors (Lipinski definition) is 1. The van der Waals surface area contributed by atoms with E-state index in [9.17, 15) is 0 Å². The Morgan fingerprint density at radius 3 is 2.79 bits per heavy atom. The van der Waals surface area contributed by atoms with Gasteiger partial charge in [-0.3, -0.25) is 0 Å². The monoisotopic (exact) mass is 185 g/mol. The third-order valence-corrected chi connectivity index (χ3v) is 2.75. The number of nitriles is 1. The van der Waals surface area contributed by atoms with Crippen LogP contribution in [-0.4, -0.2) is 12.6 Å². The largest absolute Gasteiger partial charge is 0.223 e. The van der Waals surface area contributed by atoms with Crippen LogP contribution in [0.5, 0.6) is 0 Å². The lowest BCUT2D eigenvalue weighted by molar-refractivity contribution is 0.404. The second-order valence-corrected chi connectivity index (χ2v) is 3.68. The quantitative estimate of drug-likeness (QED) is 0.660. The van der Waals surface area contributed by atoms with Gasteiger partial charge in [-0.2, -0.15) is 5.26 Å². The minimum atomic E-state index is -0.0889. The highest BCUT2D eigenvalue weighted by atomic mass is 14.9. The van der Waals surface area contributed by atoms with Crippen LogP contribution in [0.4, 0.5) is 0 Å². The van der Waals surface area contributed by atoms with Gasteiger partial charge in [0.25, 0.3) is 0 Å². The lowest BCUT2D eigenvalue weighted by Crippen LogP contribution is -2.30. The number of hydrogen-bond donors (Lipinski definition) is 0. The third kappa shape index (κ3) is 1.94. The zero-order valence-electron chi connectivity index (χ0n) is 8.06. The van der Waals surface area contributed by atoms with Crippen LogP contribution in [0.25, 0.3) is 0 Å². The average molecular weight is 185 g/mol. The molecule has 0 aromatic heterocycles. The van der Waals surface area contributed by atoms with Gasteiger partial charge in [-0.05, 0) is 24.3 Å². The molecule has 1 fully saturated rings. The fourth-order valence-corrected chi connectivity index (χ4v) is 1.97. The van der Waals surface area contributed by atoms with E-state index in [0.29, 0.717) is 5.92 Å². The standard InChI is InChI=1S/C12H13N2/c13-9-12-8-11(6-7-14-12)10-4-2-1-3-5-10/h1-5,11-12H,6-8H2. The second-order valence-electron chi connectivity index (χ2n) is 3.68. The Bertz CT molecular complexity index is 326. The van der Waals surface area contributed by atoms with E-state index < -0.39 is 0 Å². The molecule has 0 amide bonds. The molecule has 0 spiro atoms. The Labute approximate surface area is 84.6 Å². The van der Waals surface area contributed by atoms with E-state index in [-0.39, 0.29) is 6.04 Å². The van der Waals surface area contributed by atoms with E-state index in [1.54, 1.807) is 0 Å². The Morgan fingerprint density at radius 1 is 1.29 bits per heavy atom. The van der Waals surface area contributed by atoms with Crippen molar-refractivity contribution in [1.82, 2.24) is 5.32 Å². The lowest BCUT2D eigenvalue weighted by atomic mass is 9.87. The average Bonchev–Trinajstić information content (AvgIpc) is 2.30. The van der Waals surface area contributed by atoms with Crippen LogP contribution in [0.3, 0.4) is 0 Å². The van der Waals surface area contributed by atoms with Crippen LogP contribution in [-0.2, 0) is 0 Å². The molecule has 1 heterocycles. The van der Waals surface area contributed by atoms with Crippen LogP contribution in [0.15, 0.2) is 30.3 Å². The van der Waals surface area contributed by atoms with Crippen molar-refractivity contribution in [2.45, 2.75) is 24.8 Å². The van der Waals surface area contributed by atoms with E-state index in [2.05, 4.69) is 35.7 Å². The third-order valence-electron chi connectivity index (χ3n) is 2.75. The molecule has 0 bridgehead atoms. The summed E-state index contributed by atoms with van der Waals surface area (Å²) in [6.07, 6.45) is 1.97. The number of benzene rings is 1. The first-order valence-electron chi connectivity index (χ1n) is 5.01. The summed E-state index contributed by atoms with van der Waals surface area (Å²) >= 11 is 0. The first-order chi connectivity index (χ1) is 6.90. The molecule has 0 aliphatic carbocycles. The van der Waals surface area contributed by atoms with Crippen LogP contribution in [0, 0.1) is 11.3 Å². The molecule has 71 valence electrons. The first kappa shape index (κ1) is 9.23. The van der Waals surface area contributed by atoms with Crippen molar-refractivity contribution in [2.75, 3.05) is 6.54 Å². The molecule has 0 N–H and O–H groups in total. The Balaban J connectivity index is 2.09. The van der Waals surface area contributed by atoms with Gasteiger partial charge in [0, 0.05) is 6.54 Å². The van der Waals surface area contributed by atoms with Crippen molar-refractivity contribution in [1.29, 1.82) is 5.26 Å². The van der Waals surface area contributed by atoms with Gasteiger partial charge < -0.3 is 0 Å². The SMILES string of the molecule is N#CC1CC(c2ccccc2)CC[N]1. The van der Waals surface area contributed by atoms with Crippen molar-refractivity contribution in [2.24, 2.45) is 0 Å². The molecule has 14 heavy (non-hydrogen) atoms. The smallest absolute Gasteiger partial charge is 0.112 e. The summed E-state index contributed by atoms with van der Waals surface area (Å²) in [6, 6.07) is 12.6. The van der Waals surface area contributed by atoms with E-state index in [0.717, 1.165) is 19.4 Å². The molecule has 2 nitrogen and oxygen atoms in total. The van der Waals surface area contributed by atoms with Crippen molar-refractivity contribution in [3.8, 4) is 6.07 Å². The maximum atomic E-state index is 8.81. The van der Waals surface area contributed by atoms with E-state index >= 15 is 0 Å². The molecule has 1 aromatic carbocycles. The molecule has 2 atom stereocenters. The van der Waals surface area contributed by atoms with Gasteiger partial charge in [-0.1, -0.05) is 30.3 Å². The molecule has 1 radical (unpaired) electrons. The molecular formula is C12H13N2. The molecule has 2 rings (SSSR count). The van der Waals surface area contributed by atoms with Crippen molar-refractivity contribution in [3.63, 3.8) is 0 Å². The lowest BCUT2D eigenvalue weighted by Gasteiger charge is -2.25. The van der Waals surface area contributed by atoms with Crippen LogP contribution < -0.4 is 5.32 Å². The molecule has 2 heteroatoms. The highest BCUT2D eigenvalue weighted by molar-refractivity contribution is 5.21. The van der Waals surface area contributed by atoms with E-state index in [1.165, 1.54) is 5.56 Å². The van der Waals surface area contributed by atoms with Crippen molar-refractivity contribution >= 4 is 0 Å². The summed E-state index contributed by atoms with van der Waals surface area (Å²) in [5.74, 6) is 0.526. The predicted octanol–water partition coefficient (Wildman–Crippen LogP) is 2.06. The van der Waals surface area contributed by atoms with Crippen LogP contribution in [0.2, 0.25) is 0 Å². The summed E-state index contributed by atoms with van der Waals surface area (Å²) in [6.45, 7) is 0.831. The molecule has 1 saturated heterocycles. The maximum absolute atomic E-state index is 8.81. The first-order valence-corrected chi connectivity index (χ1v) is 5.01. The van der Waals surface area contributed by atoms with E-state index in [1.807, 2.05) is 6.07 Å². The van der Waals surface area contributed by atoms with Crippen molar-refractivity contribution in [3.05, 3.63) is 35.9 Å². The highest BCUT2D eigenvalue weighted by Gasteiger charge is 2.22. The summed E-state index contributed by atoms with van der Waals surface area (Å²) in [5, 5.41) is 13.1. The highest BCUT2D eigenvalue weighted by Crippen LogP contribution is 2.27. The fourth-order valence-electron chi connectivity index (χ4n) is 1.97. The normalized spacial score (nSPS) is 26.8. The molecule has 2 unspecified atom stereocenters. The minimum absolute atomic E-state index is 0.0889. The van der Waals surface area contributed by atoms with Gasteiger partial charge in [0.1, 0.15) is 6.04 Å². The zero-order chi connectivity index (χ0) is 9.80. The summed E-state index contributed by atoms with van der Waals surface area (Å²) < 4.78 is 0. The van der Waals surface area contributed by atoms with Crippen LogP contribution in [0.1, 0.15) is 24.3 Å². The van der Waals surface area contributed by atoms with Gasteiger partial charge >= 0.3 is 0 Å². The fraction of sp³-hybridized carbons (Fsp3) is 0.417. The number of piperidine rings is 1. The Hall–Kier alpha value is -1.33. The van der Waals surface area contributed by atoms with Gasteiger partial charge in [0.05, 0.1) is 6.07 Å². The topological polar surface area (TPSA) is 37.9 Å². The number of rotatable bonds is 1. The van der Waals surface area contributed by atoms with Crippen LogP contribution >= 0.6 is 0 Å². The van der Waals surface area contributed by atoms with Gasteiger partial charge in [-0.15, -0.1) is 0 Å². The summed E-state index contributed by atoms with van der Waals surface area (Å²) in [4.78, 5) is 0. The molecular weight excluding hydrogens is 172 g/mol. The zero-order valence-corrected chi connectivity index (χ0v) is 8.06. The van der Waals surface area contributed by atoms with Gasteiger partial charge in [-0.25, -0.2) is 5.32 Å². The Kier molecular flexibility index (Phi) is 2.81. The maximum Gasteiger partial charge on any atom is 0.112 e. The van der Waals surface area contributed by atoms with Gasteiger partial charge in [0.2, 0.25) is 0 Å². The minimum Gasteiger partial charge on any atom is -0.223 e. The number of nitrogens with zero attached hydrogens (tertiary/aromatic N) is 2. The summed E-state index contributed by atoms with van der Waals surface area (Å²) in [7, 11) is 0. The summed E-state index contributed by atoms with van der Waals surface area (Å²) in [5.41, 5.74) is 1.35. The molecule has 1 aliphatic heterocycles. The molecule has 1 aliphatic rings.